The van der Waals surface area contributed by atoms with Gasteiger partial charge in [0.15, 0.2) is 5.82 Å². The van der Waals surface area contributed by atoms with E-state index in [0.29, 0.717) is 54.0 Å². The number of pyridine rings is 1. The fraction of sp³-hybridized carbons (Fsp3) is 0.160. The monoisotopic (exact) mass is 472 g/mol. The number of carbonyl (C=O) groups excluding carboxylic acids is 2. The standard InChI is InChI=1S/C25H21FN6O3/c26-21-6-5-17(28-22-18-3-1-2-4-19(18)23(33)30-29-22)15-20(21)25(35)32-13-11-31(12-14-32)24(34)16-7-9-27-10-8-16/h1-10,15H,11-14H2,(H,28,29)(H,30,33). The number of rotatable bonds is 4. The van der Waals surface area contributed by atoms with E-state index in [1.54, 1.807) is 53.7 Å². The molecule has 4 aromatic rings. The van der Waals surface area contributed by atoms with Gasteiger partial charge in [-0.2, -0.15) is 5.10 Å². The minimum absolute atomic E-state index is 0.0855. The number of aromatic nitrogens is 3. The fourth-order valence-corrected chi connectivity index (χ4v) is 4.07. The van der Waals surface area contributed by atoms with Crippen LogP contribution < -0.4 is 10.9 Å². The van der Waals surface area contributed by atoms with Gasteiger partial charge in [0.2, 0.25) is 0 Å². The van der Waals surface area contributed by atoms with Crippen LogP contribution in [0.15, 0.2) is 71.8 Å². The lowest BCUT2D eigenvalue weighted by atomic mass is 10.1. The lowest BCUT2D eigenvalue weighted by Gasteiger charge is -2.35. The van der Waals surface area contributed by atoms with Gasteiger partial charge in [0, 0.05) is 55.2 Å². The van der Waals surface area contributed by atoms with E-state index in [2.05, 4.69) is 20.5 Å². The van der Waals surface area contributed by atoms with E-state index in [-0.39, 0.29) is 17.0 Å². The molecule has 2 aromatic heterocycles. The summed E-state index contributed by atoms with van der Waals surface area (Å²) >= 11 is 0. The zero-order valence-electron chi connectivity index (χ0n) is 18.6. The maximum atomic E-state index is 14.6. The number of halogens is 1. The highest BCUT2D eigenvalue weighted by atomic mass is 19.1. The molecule has 2 aromatic carbocycles. The third kappa shape index (κ3) is 4.45. The van der Waals surface area contributed by atoms with E-state index < -0.39 is 11.7 Å². The highest BCUT2D eigenvalue weighted by Gasteiger charge is 2.27. The number of carbonyl (C=O) groups is 2. The first-order valence-corrected chi connectivity index (χ1v) is 11.0. The molecule has 35 heavy (non-hydrogen) atoms. The molecule has 3 heterocycles. The maximum absolute atomic E-state index is 14.6. The SMILES string of the molecule is O=C(c1ccncc1)N1CCN(C(=O)c2cc(Nc3n[nH]c(=O)c4ccccc34)ccc2F)CC1. The van der Waals surface area contributed by atoms with Gasteiger partial charge in [-0.1, -0.05) is 18.2 Å². The normalized spacial score (nSPS) is 13.6. The van der Waals surface area contributed by atoms with E-state index in [0.717, 1.165) is 0 Å². The van der Waals surface area contributed by atoms with Gasteiger partial charge in [0.05, 0.1) is 10.9 Å². The van der Waals surface area contributed by atoms with E-state index >= 15 is 0 Å². The molecular weight excluding hydrogens is 451 g/mol. The van der Waals surface area contributed by atoms with Gasteiger partial charge in [-0.15, -0.1) is 0 Å². The molecule has 2 amide bonds. The summed E-state index contributed by atoms with van der Waals surface area (Å²) in [6.07, 6.45) is 3.12. The van der Waals surface area contributed by atoms with Crippen molar-refractivity contribution in [3.8, 4) is 0 Å². The molecule has 9 nitrogen and oxygen atoms in total. The molecule has 1 aliphatic rings. The summed E-state index contributed by atoms with van der Waals surface area (Å²) in [5.74, 6) is -0.845. The highest BCUT2D eigenvalue weighted by molar-refractivity contribution is 5.97. The summed E-state index contributed by atoms with van der Waals surface area (Å²) < 4.78 is 14.6. The van der Waals surface area contributed by atoms with Crippen molar-refractivity contribution in [3.05, 3.63) is 94.3 Å². The second-order valence-electron chi connectivity index (χ2n) is 8.09. The zero-order chi connectivity index (χ0) is 24.4. The summed E-state index contributed by atoms with van der Waals surface area (Å²) in [5, 5.41) is 10.6. The molecule has 1 saturated heterocycles. The van der Waals surface area contributed by atoms with Crippen molar-refractivity contribution in [1.82, 2.24) is 25.0 Å². The topological polar surface area (TPSA) is 111 Å². The number of anilines is 2. The molecule has 2 N–H and O–H groups in total. The quantitative estimate of drug-likeness (QED) is 0.473. The Kier molecular flexibility index (Phi) is 5.92. The average molecular weight is 472 g/mol. The number of fused-ring (bicyclic) bond motifs is 1. The fourth-order valence-electron chi connectivity index (χ4n) is 4.07. The van der Waals surface area contributed by atoms with Gasteiger partial charge in [-0.3, -0.25) is 19.4 Å². The Morgan fingerprint density at radius 1 is 0.886 bits per heavy atom. The lowest BCUT2D eigenvalue weighted by molar-refractivity contribution is 0.0533. The van der Waals surface area contributed by atoms with Crippen LogP contribution in [-0.4, -0.2) is 63.0 Å². The summed E-state index contributed by atoms with van der Waals surface area (Å²) in [4.78, 5) is 44.9. The van der Waals surface area contributed by atoms with Crippen molar-refractivity contribution >= 4 is 34.1 Å². The van der Waals surface area contributed by atoms with Crippen molar-refractivity contribution in [3.63, 3.8) is 0 Å². The van der Waals surface area contributed by atoms with Crippen LogP contribution in [0.1, 0.15) is 20.7 Å². The number of amides is 2. The molecule has 0 radical (unpaired) electrons. The largest absolute Gasteiger partial charge is 0.338 e. The molecule has 0 aliphatic carbocycles. The first-order chi connectivity index (χ1) is 17.0. The number of hydrogen-bond donors (Lipinski definition) is 2. The first kappa shape index (κ1) is 22.2. The lowest BCUT2D eigenvalue weighted by Crippen LogP contribution is -2.50. The first-order valence-electron chi connectivity index (χ1n) is 11.0. The van der Waals surface area contributed by atoms with Crippen LogP contribution in [-0.2, 0) is 0 Å². The number of piperazine rings is 1. The van der Waals surface area contributed by atoms with Gasteiger partial charge in [-0.25, -0.2) is 9.49 Å². The van der Waals surface area contributed by atoms with Gasteiger partial charge in [0.1, 0.15) is 5.82 Å². The Hall–Kier alpha value is -4.60. The molecule has 176 valence electrons. The van der Waals surface area contributed by atoms with Gasteiger partial charge in [0.25, 0.3) is 17.4 Å². The van der Waals surface area contributed by atoms with Crippen LogP contribution in [0.2, 0.25) is 0 Å². The Balaban J connectivity index is 1.32. The van der Waals surface area contributed by atoms with Crippen LogP contribution in [0.3, 0.4) is 0 Å². The molecule has 1 aliphatic heterocycles. The Morgan fingerprint density at radius 3 is 2.26 bits per heavy atom. The van der Waals surface area contributed by atoms with E-state index in [1.165, 1.54) is 23.1 Å². The van der Waals surface area contributed by atoms with Crippen LogP contribution in [0.25, 0.3) is 10.8 Å². The third-order valence-electron chi connectivity index (χ3n) is 5.94. The van der Waals surface area contributed by atoms with Gasteiger partial charge >= 0.3 is 0 Å². The van der Waals surface area contributed by atoms with Crippen molar-refractivity contribution in [1.29, 1.82) is 0 Å². The van der Waals surface area contributed by atoms with Crippen LogP contribution in [0, 0.1) is 5.82 Å². The van der Waals surface area contributed by atoms with Crippen molar-refractivity contribution in [2.45, 2.75) is 0 Å². The summed E-state index contributed by atoms with van der Waals surface area (Å²) in [6.45, 7) is 1.28. The predicted octanol–water partition coefficient (Wildman–Crippen LogP) is 2.80. The Bertz CT molecular complexity index is 1470. The molecule has 0 atom stereocenters. The van der Waals surface area contributed by atoms with E-state index in [4.69, 9.17) is 0 Å². The number of hydrogen-bond acceptors (Lipinski definition) is 6. The summed E-state index contributed by atoms with van der Waals surface area (Å²) in [5.41, 5.74) is 0.583. The molecule has 0 unspecified atom stereocenters. The Morgan fingerprint density at radius 2 is 1.54 bits per heavy atom. The molecular formula is C25H21FN6O3. The molecule has 1 fully saturated rings. The number of nitrogens with one attached hydrogen (secondary N) is 2. The van der Waals surface area contributed by atoms with Gasteiger partial charge < -0.3 is 15.1 Å². The molecule has 5 rings (SSSR count). The van der Waals surface area contributed by atoms with Gasteiger partial charge in [-0.05, 0) is 36.4 Å². The minimum Gasteiger partial charge on any atom is -0.338 e. The molecule has 0 saturated carbocycles. The zero-order valence-corrected chi connectivity index (χ0v) is 18.6. The highest BCUT2D eigenvalue weighted by Crippen LogP contribution is 2.24. The van der Waals surface area contributed by atoms with Crippen molar-refractivity contribution in [2.75, 3.05) is 31.5 Å². The second kappa shape index (κ2) is 9.34. The molecule has 10 heteroatoms. The maximum Gasteiger partial charge on any atom is 0.272 e. The van der Waals surface area contributed by atoms with E-state index in [9.17, 15) is 18.8 Å². The third-order valence-corrected chi connectivity index (χ3v) is 5.94. The average Bonchev–Trinajstić information content (AvgIpc) is 2.91. The van der Waals surface area contributed by atoms with Crippen LogP contribution in [0.4, 0.5) is 15.9 Å². The molecule has 0 bridgehead atoms. The molecule has 0 spiro atoms. The van der Waals surface area contributed by atoms with Crippen molar-refractivity contribution in [2.24, 2.45) is 0 Å². The minimum atomic E-state index is -0.643. The van der Waals surface area contributed by atoms with Crippen molar-refractivity contribution < 1.29 is 14.0 Å². The van der Waals surface area contributed by atoms with Crippen LogP contribution in [0.5, 0.6) is 0 Å². The number of H-pyrrole nitrogens is 1. The van der Waals surface area contributed by atoms with Crippen LogP contribution >= 0.6 is 0 Å². The summed E-state index contributed by atoms with van der Waals surface area (Å²) in [6, 6.07) is 14.4. The number of benzene rings is 2. The predicted molar refractivity (Wildman–Crippen MR) is 128 cm³/mol. The number of nitrogens with zero attached hydrogens (tertiary/aromatic N) is 4. The summed E-state index contributed by atoms with van der Waals surface area (Å²) in [7, 11) is 0. The van der Waals surface area contributed by atoms with E-state index in [1.807, 2.05) is 0 Å². The smallest absolute Gasteiger partial charge is 0.272 e. The number of aromatic amines is 1. The second-order valence-corrected chi connectivity index (χ2v) is 8.09. The Labute approximate surface area is 199 Å².